The van der Waals surface area contributed by atoms with Crippen LogP contribution in [0.25, 0.3) is 0 Å². The van der Waals surface area contributed by atoms with Crippen LogP contribution < -0.4 is 9.47 Å². The molecule has 0 bridgehead atoms. The van der Waals surface area contributed by atoms with E-state index in [1.54, 1.807) is 12.1 Å². The van der Waals surface area contributed by atoms with Gasteiger partial charge < -0.3 is 18.9 Å². The van der Waals surface area contributed by atoms with Crippen molar-refractivity contribution in [2.24, 2.45) is 5.92 Å². The molecule has 0 fully saturated rings. The summed E-state index contributed by atoms with van der Waals surface area (Å²) in [6.07, 6.45) is 2.00. The highest BCUT2D eigenvalue weighted by Gasteiger charge is 2.37. The van der Waals surface area contributed by atoms with E-state index in [2.05, 4.69) is 18.6 Å². The molecule has 0 spiro atoms. The zero-order valence-electron chi connectivity index (χ0n) is 22.0. The van der Waals surface area contributed by atoms with Gasteiger partial charge in [0.1, 0.15) is 23.0 Å². The van der Waals surface area contributed by atoms with Gasteiger partial charge in [0.2, 0.25) is 0 Å². The zero-order chi connectivity index (χ0) is 28.2. The van der Waals surface area contributed by atoms with Crippen molar-refractivity contribution in [3.63, 3.8) is 0 Å². The lowest BCUT2D eigenvalue weighted by molar-refractivity contribution is -0.151. The zero-order valence-corrected chi connectivity index (χ0v) is 22.0. The molecule has 6 rings (SSSR count). The summed E-state index contributed by atoms with van der Waals surface area (Å²) in [5, 5.41) is 0. The SMILES string of the molecule is CC1CC2=C(C=C1Oc1ccc(C(C)(C)c3ccc(Oc4ccc5c(c4)C(=O)OC5=O)cc3)cc1)C(=O)OC2=O. The fourth-order valence-corrected chi connectivity index (χ4v) is 5.04. The number of rotatable bonds is 6. The lowest BCUT2D eigenvalue weighted by atomic mass is 9.78. The summed E-state index contributed by atoms with van der Waals surface area (Å²) in [6, 6.07) is 20.1. The molecule has 8 nitrogen and oxygen atoms in total. The van der Waals surface area contributed by atoms with E-state index in [9.17, 15) is 19.2 Å². The second-order valence-corrected chi connectivity index (χ2v) is 10.5. The summed E-state index contributed by atoms with van der Waals surface area (Å²) >= 11 is 0. The van der Waals surface area contributed by atoms with Gasteiger partial charge in [-0.3, -0.25) is 0 Å². The normalized spacial score (nSPS) is 18.2. The number of ether oxygens (including phenoxy) is 4. The van der Waals surface area contributed by atoms with Crippen molar-refractivity contribution in [2.45, 2.75) is 32.6 Å². The molecule has 8 heteroatoms. The standard InChI is InChI=1S/C32H24O8/c1-17-14-24-26(31(36)40-29(24)34)16-27(17)38-21-10-6-19(7-11-21)32(2,3)18-4-8-20(9-5-18)37-22-12-13-23-25(15-22)30(35)39-28(23)33/h4-13,15-17H,14H2,1-3H3. The van der Waals surface area contributed by atoms with Crippen LogP contribution >= 0.6 is 0 Å². The Morgan fingerprint density at radius 1 is 0.675 bits per heavy atom. The maximum Gasteiger partial charge on any atom is 0.347 e. The van der Waals surface area contributed by atoms with E-state index in [1.165, 1.54) is 12.1 Å². The summed E-state index contributed by atoms with van der Waals surface area (Å²) in [7, 11) is 0. The van der Waals surface area contributed by atoms with Crippen LogP contribution in [0.15, 0.2) is 89.7 Å². The van der Waals surface area contributed by atoms with E-state index in [-0.39, 0.29) is 28.0 Å². The minimum Gasteiger partial charge on any atom is -0.461 e. The minimum atomic E-state index is -0.675. The van der Waals surface area contributed by atoms with Gasteiger partial charge in [0.15, 0.2) is 0 Å². The summed E-state index contributed by atoms with van der Waals surface area (Å²) in [6.45, 7) is 6.17. The molecule has 0 amide bonds. The predicted octanol–water partition coefficient (Wildman–Crippen LogP) is 5.80. The van der Waals surface area contributed by atoms with Gasteiger partial charge in [0, 0.05) is 11.3 Å². The van der Waals surface area contributed by atoms with Crippen molar-refractivity contribution in [3.05, 3.63) is 112 Å². The third-order valence-corrected chi connectivity index (χ3v) is 7.50. The van der Waals surface area contributed by atoms with Gasteiger partial charge in [0.25, 0.3) is 0 Å². The van der Waals surface area contributed by atoms with Gasteiger partial charge in [0.05, 0.1) is 22.3 Å². The Morgan fingerprint density at radius 2 is 1.23 bits per heavy atom. The molecule has 3 aromatic rings. The molecular formula is C32H24O8. The Bertz CT molecular complexity index is 1660. The van der Waals surface area contributed by atoms with Crippen LogP contribution in [0.3, 0.4) is 0 Å². The molecular weight excluding hydrogens is 512 g/mol. The maximum atomic E-state index is 12.0. The Labute approximate surface area is 229 Å². The summed E-state index contributed by atoms with van der Waals surface area (Å²) in [4.78, 5) is 47.3. The van der Waals surface area contributed by atoms with Crippen LogP contribution in [-0.4, -0.2) is 23.9 Å². The first kappa shape index (κ1) is 25.3. The van der Waals surface area contributed by atoms with Crippen LogP contribution in [0.5, 0.6) is 17.2 Å². The lowest BCUT2D eigenvalue weighted by Crippen LogP contribution is -2.19. The highest BCUT2D eigenvalue weighted by Crippen LogP contribution is 2.37. The summed E-state index contributed by atoms with van der Waals surface area (Å²) < 4.78 is 21.3. The molecule has 1 atom stereocenters. The van der Waals surface area contributed by atoms with Crippen LogP contribution in [0.4, 0.5) is 0 Å². The van der Waals surface area contributed by atoms with Crippen molar-refractivity contribution in [3.8, 4) is 17.2 Å². The number of hydrogen-bond donors (Lipinski definition) is 0. The van der Waals surface area contributed by atoms with E-state index >= 15 is 0 Å². The second kappa shape index (κ2) is 9.34. The van der Waals surface area contributed by atoms with Crippen molar-refractivity contribution in [1.29, 1.82) is 0 Å². The number of benzene rings is 3. The Hall–Kier alpha value is -4.98. The van der Waals surface area contributed by atoms with Crippen LogP contribution in [0, 0.1) is 5.92 Å². The van der Waals surface area contributed by atoms with E-state index in [0.717, 1.165) is 11.1 Å². The van der Waals surface area contributed by atoms with Crippen molar-refractivity contribution >= 4 is 23.9 Å². The number of esters is 4. The third-order valence-electron chi connectivity index (χ3n) is 7.50. The van der Waals surface area contributed by atoms with Gasteiger partial charge >= 0.3 is 23.9 Å². The molecule has 0 aromatic heterocycles. The molecule has 1 aliphatic carbocycles. The fraction of sp³-hybridized carbons (Fsp3) is 0.188. The van der Waals surface area contributed by atoms with Gasteiger partial charge in [-0.15, -0.1) is 0 Å². The molecule has 1 unspecified atom stereocenters. The van der Waals surface area contributed by atoms with E-state index in [0.29, 0.717) is 35.0 Å². The van der Waals surface area contributed by atoms with Crippen LogP contribution in [0.2, 0.25) is 0 Å². The smallest absolute Gasteiger partial charge is 0.347 e. The molecule has 2 heterocycles. The topological polar surface area (TPSA) is 105 Å². The molecule has 0 saturated carbocycles. The predicted molar refractivity (Wildman–Crippen MR) is 142 cm³/mol. The first-order chi connectivity index (χ1) is 19.1. The van der Waals surface area contributed by atoms with Crippen LogP contribution in [-0.2, 0) is 24.5 Å². The Balaban J connectivity index is 1.15. The second-order valence-electron chi connectivity index (χ2n) is 10.5. The fourth-order valence-electron chi connectivity index (χ4n) is 5.04. The molecule has 3 aromatic carbocycles. The molecule has 200 valence electrons. The third kappa shape index (κ3) is 4.37. The summed E-state index contributed by atoms with van der Waals surface area (Å²) in [5.41, 5.74) is 2.90. The number of cyclic esters (lactones) is 4. The average Bonchev–Trinajstić information content (AvgIpc) is 3.37. The first-order valence-electron chi connectivity index (χ1n) is 12.8. The largest absolute Gasteiger partial charge is 0.461 e. The number of hydrogen-bond acceptors (Lipinski definition) is 8. The van der Waals surface area contributed by atoms with Gasteiger partial charge in [-0.1, -0.05) is 45.0 Å². The molecule has 0 N–H and O–H groups in total. The van der Waals surface area contributed by atoms with Gasteiger partial charge in [-0.05, 0) is 66.1 Å². The Morgan fingerprint density at radius 3 is 1.88 bits per heavy atom. The van der Waals surface area contributed by atoms with Crippen molar-refractivity contribution < 1.29 is 38.1 Å². The molecule has 0 saturated heterocycles. The molecule has 0 radical (unpaired) electrons. The van der Waals surface area contributed by atoms with Crippen molar-refractivity contribution in [2.75, 3.05) is 0 Å². The van der Waals surface area contributed by atoms with E-state index in [1.807, 2.05) is 55.5 Å². The molecule has 40 heavy (non-hydrogen) atoms. The summed E-state index contributed by atoms with van der Waals surface area (Å²) in [5.74, 6) is -0.337. The molecule has 2 aliphatic heterocycles. The highest BCUT2D eigenvalue weighted by molar-refractivity contribution is 6.15. The average molecular weight is 537 g/mol. The number of fused-ring (bicyclic) bond motifs is 1. The quantitative estimate of drug-likeness (QED) is 0.288. The van der Waals surface area contributed by atoms with Gasteiger partial charge in [-0.2, -0.15) is 0 Å². The van der Waals surface area contributed by atoms with Crippen molar-refractivity contribution in [1.82, 2.24) is 0 Å². The number of carbonyl (C=O) groups is 4. The van der Waals surface area contributed by atoms with E-state index < -0.39 is 23.9 Å². The molecule has 3 aliphatic rings. The highest BCUT2D eigenvalue weighted by atomic mass is 16.6. The Kier molecular flexibility index (Phi) is 5.91. The monoisotopic (exact) mass is 536 g/mol. The van der Waals surface area contributed by atoms with E-state index in [4.69, 9.17) is 14.2 Å². The van der Waals surface area contributed by atoms with Gasteiger partial charge in [-0.25, -0.2) is 19.2 Å². The first-order valence-corrected chi connectivity index (χ1v) is 12.8. The number of carbonyl (C=O) groups excluding carboxylic acids is 4. The van der Waals surface area contributed by atoms with Crippen LogP contribution in [0.1, 0.15) is 59.0 Å². The lowest BCUT2D eigenvalue weighted by Gasteiger charge is -2.27. The number of allylic oxidation sites excluding steroid dienone is 1. The maximum absolute atomic E-state index is 12.0. The minimum absolute atomic E-state index is 0.0674.